The first kappa shape index (κ1) is 20.3. The Hall–Kier alpha value is -3.62. The molecular formula is C23H23F2N7. The molecule has 32 heavy (non-hydrogen) atoms. The summed E-state index contributed by atoms with van der Waals surface area (Å²) >= 11 is 0. The number of nitrogens with zero attached hydrogens (tertiary/aromatic N) is 6. The molecule has 164 valence electrons. The fourth-order valence-electron chi connectivity index (χ4n) is 4.09. The second-order valence-electron chi connectivity index (χ2n) is 8.16. The van der Waals surface area contributed by atoms with Crippen molar-refractivity contribution >= 4 is 17.4 Å². The van der Waals surface area contributed by atoms with E-state index in [9.17, 15) is 8.78 Å². The van der Waals surface area contributed by atoms with Crippen LogP contribution in [-0.2, 0) is 0 Å². The SMILES string of the molecule is Cc1cc(N2CCC(Nc3nc4c(-c5ccc(F)c(C)c5)cc(F)cn4n3)CC2)ncn1. The predicted octanol–water partition coefficient (Wildman–Crippen LogP) is 4.16. The van der Waals surface area contributed by atoms with Gasteiger partial charge < -0.3 is 10.2 Å². The largest absolute Gasteiger partial charge is 0.356 e. The number of hydrogen-bond acceptors (Lipinski definition) is 6. The van der Waals surface area contributed by atoms with Crippen LogP contribution in [0, 0.1) is 25.5 Å². The van der Waals surface area contributed by atoms with Crippen LogP contribution in [0.15, 0.2) is 42.9 Å². The molecule has 1 aliphatic heterocycles. The van der Waals surface area contributed by atoms with E-state index in [1.54, 1.807) is 25.4 Å². The van der Waals surface area contributed by atoms with E-state index >= 15 is 0 Å². The smallest absolute Gasteiger partial charge is 0.243 e. The zero-order valence-corrected chi connectivity index (χ0v) is 17.9. The van der Waals surface area contributed by atoms with Crippen LogP contribution in [0.25, 0.3) is 16.8 Å². The van der Waals surface area contributed by atoms with Crippen LogP contribution in [0.2, 0.25) is 0 Å². The van der Waals surface area contributed by atoms with Gasteiger partial charge in [-0.2, -0.15) is 4.98 Å². The predicted molar refractivity (Wildman–Crippen MR) is 119 cm³/mol. The summed E-state index contributed by atoms with van der Waals surface area (Å²) in [6, 6.07) is 8.30. The quantitative estimate of drug-likeness (QED) is 0.519. The first-order chi connectivity index (χ1) is 15.5. The van der Waals surface area contributed by atoms with Crippen molar-refractivity contribution in [2.75, 3.05) is 23.3 Å². The van der Waals surface area contributed by atoms with Crippen molar-refractivity contribution in [2.24, 2.45) is 0 Å². The van der Waals surface area contributed by atoms with Gasteiger partial charge in [0.15, 0.2) is 5.65 Å². The van der Waals surface area contributed by atoms with E-state index in [2.05, 4.69) is 30.3 Å². The highest BCUT2D eigenvalue weighted by Gasteiger charge is 2.22. The molecule has 0 unspecified atom stereocenters. The lowest BCUT2D eigenvalue weighted by Gasteiger charge is -2.32. The molecule has 1 saturated heterocycles. The third-order valence-electron chi connectivity index (χ3n) is 5.81. The van der Waals surface area contributed by atoms with E-state index in [1.807, 2.05) is 13.0 Å². The monoisotopic (exact) mass is 435 g/mol. The van der Waals surface area contributed by atoms with Gasteiger partial charge in [0, 0.05) is 36.5 Å². The molecule has 0 amide bonds. The molecule has 9 heteroatoms. The van der Waals surface area contributed by atoms with Gasteiger partial charge in [-0.3, -0.25) is 0 Å². The number of pyridine rings is 1. The fraction of sp³-hybridized carbons (Fsp3) is 0.304. The van der Waals surface area contributed by atoms with Crippen LogP contribution in [0.1, 0.15) is 24.1 Å². The van der Waals surface area contributed by atoms with Crippen molar-refractivity contribution in [3.05, 3.63) is 65.7 Å². The Balaban J connectivity index is 1.35. The molecule has 1 fully saturated rings. The van der Waals surface area contributed by atoms with Gasteiger partial charge in [-0.05, 0) is 56.0 Å². The molecule has 1 aliphatic rings. The number of halogens is 2. The molecule has 4 aromatic rings. The minimum atomic E-state index is -0.431. The molecule has 0 bridgehead atoms. The minimum absolute atomic E-state index is 0.202. The van der Waals surface area contributed by atoms with Crippen molar-refractivity contribution in [1.29, 1.82) is 0 Å². The third kappa shape index (κ3) is 3.98. The average molecular weight is 435 g/mol. The van der Waals surface area contributed by atoms with Crippen molar-refractivity contribution < 1.29 is 8.78 Å². The first-order valence-corrected chi connectivity index (χ1v) is 10.6. The molecule has 4 heterocycles. The van der Waals surface area contributed by atoms with Crippen molar-refractivity contribution in [3.8, 4) is 11.1 Å². The number of anilines is 2. The summed E-state index contributed by atoms with van der Waals surface area (Å²) in [5.41, 5.74) is 3.23. The maximum atomic E-state index is 14.3. The molecule has 0 spiro atoms. The van der Waals surface area contributed by atoms with E-state index in [0.29, 0.717) is 28.3 Å². The summed E-state index contributed by atoms with van der Waals surface area (Å²) < 4.78 is 29.4. The normalized spacial score (nSPS) is 14.8. The van der Waals surface area contributed by atoms with Crippen molar-refractivity contribution in [3.63, 3.8) is 0 Å². The molecule has 0 saturated carbocycles. The zero-order valence-electron chi connectivity index (χ0n) is 17.9. The summed E-state index contributed by atoms with van der Waals surface area (Å²) in [6.07, 6.45) is 4.69. The lowest BCUT2D eigenvalue weighted by atomic mass is 10.0. The molecule has 3 aromatic heterocycles. The highest BCUT2D eigenvalue weighted by atomic mass is 19.1. The van der Waals surface area contributed by atoms with Gasteiger partial charge in [0.25, 0.3) is 0 Å². The summed E-state index contributed by atoms with van der Waals surface area (Å²) in [7, 11) is 0. The average Bonchev–Trinajstić information content (AvgIpc) is 3.17. The van der Waals surface area contributed by atoms with Gasteiger partial charge >= 0.3 is 0 Å². The summed E-state index contributed by atoms with van der Waals surface area (Å²) in [5, 5.41) is 7.82. The second-order valence-corrected chi connectivity index (χ2v) is 8.16. The van der Waals surface area contributed by atoms with Crippen LogP contribution >= 0.6 is 0 Å². The molecule has 1 N–H and O–H groups in total. The Morgan fingerprint density at radius 3 is 2.59 bits per heavy atom. The lowest BCUT2D eigenvalue weighted by Crippen LogP contribution is -2.39. The minimum Gasteiger partial charge on any atom is -0.356 e. The van der Waals surface area contributed by atoms with Crippen LogP contribution in [-0.4, -0.2) is 43.7 Å². The number of aromatic nitrogens is 5. The topological polar surface area (TPSA) is 71.2 Å². The Labute approximate surface area is 184 Å². The van der Waals surface area contributed by atoms with E-state index in [0.717, 1.165) is 37.4 Å². The number of fused-ring (bicyclic) bond motifs is 1. The van der Waals surface area contributed by atoms with Gasteiger partial charge in [-0.25, -0.2) is 23.3 Å². The fourth-order valence-corrected chi connectivity index (χ4v) is 4.09. The van der Waals surface area contributed by atoms with Gasteiger partial charge in [0.1, 0.15) is 23.8 Å². The van der Waals surface area contributed by atoms with Crippen molar-refractivity contribution in [1.82, 2.24) is 24.6 Å². The van der Waals surface area contributed by atoms with Crippen LogP contribution in [0.4, 0.5) is 20.5 Å². The second kappa shape index (κ2) is 8.14. The number of piperidine rings is 1. The van der Waals surface area contributed by atoms with Crippen LogP contribution in [0.3, 0.4) is 0 Å². The summed E-state index contributed by atoms with van der Waals surface area (Å²) in [5.74, 6) is 0.663. The summed E-state index contributed by atoms with van der Waals surface area (Å²) in [6.45, 7) is 5.35. The molecule has 0 aliphatic carbocycles. The number of benzene rings is 1. The molecule has 7 nitrogen and oxygen atoms in total. The molecular weight excluding hydrogens is 412 g/mol. The van der Waals surface area contributed by atoms with Crippen molar-refractivity contribution in [2.45, 2.75) is 32.7 Å². The van der Waals surface area contributed by atoms with E-state index in [-0.39, 0.29) is 11.9 Å². The first-order valence-electron chi connectivity index (χ1n) is 10.6. The van der Waals surface area contributed by atoms with Crippen LogP contribution in [0.5, 0.6) is 0 Å². The molecule has 0 atom stereocenters. The standard InChI is InChI=1S/C23H23F2N7/c1-14-9-16(3-4-20(14)25)19-11-17(24)12-32-22(19)29-23(30-32)28-18-5-7-31(8-6-18)21-10-15(2)26-13-27-21/h3-4,9-13,18H,5-8H2,1-2H3,(H,28,30). The van der Waals surface area contributed by atoms with E-state index in [1.165, 1.54) is 22.8 Å². The molecule has 0 radical (unpaired) electrons. The third-order valence-corrected chi connectivity index (χ3v) is 5.81. The highest BCUT2D eigenvalue weighted by Crippen LogP contribution is 2.28. The van der Waals surface area contributed by atoms with Gasteiger partial charge in [-0.15, -0.1) is 5.10 Å². The number of hydrogen-bond donors (Lipinski definition) is 1. The Morgan fingerprint density at radius 2 is 1.84 bits per heavy atom. The Kier molecular flexibility index (Phi) is 5.16. The van der Waals surface area contributed by atoms with Gasteiger partial charge in [0.2, 0.25) is 5.95 Å². The highest BCUT2D eigenvalue weighted by molar-refractivity contribution is 5.78. The Morgan fingerprint density at radius 1 is 1.03 bits per heavy atom. The zero-order chi connectivity index (χ0) is 22.2. The molecule has 1 aromatic carbocycles. The maximum Gasteiger partial charge on any atom is 0.243 e. The Bertz CT molecular complexity index is 1280. The number of aryl methyl sites for hydroxylation is 2. The van der Waals surface area contributed by atoms with E-state index in [4.69, 9.17) is 0 Å². The summed E-state index contributed by atoms with van der Waals surface area (Å²) in [4.78, 5) is 15.4. The lowest BCUT2D eigenvalue weighted by molar-refractivity contribution is 0.520. The van der Waals surface area contributed by atoms with Gasteiger partial charge in [0.05, 0.1) is 6.20 Å². The van der Waals surface area contributed by atoms with Crippen LogP contribution < -0.4 is 10.2 Å². The van der Waals surface area contributed by atoms with E-state index < -0.39 is 5.82 Å². The maximum absolute atomic E-state index is 14.3. The molecule has 5 rings (SSSR count). The number of nitrogens with one attached hydrogen (secondary N) is 1. The number of rotatable bonds is 4. The van der Waals surface area contributed by atoms with Gasteiger partial charge in [-0.1, -0.05) is 6.07 Å².